The van der Waals surface area contributed by atoms with Gasteiger partial charge < -0.3 is 10.5 Å². The maximum atomic E-state index is 13.2. The standard InChI is InChI=1S/C18H16FN3O2/c1-2-24-18(23)15-16(12-8-10-13(19)11-9-12)21-22(17(15)20)14-6-4-3-5-7-14/h3-11H,2,20H2,1H3. The van der Waals surface area contributed by atoms with Crippen molar-refractivity contribution in [1.29, 1.82) is 0 Å². The molecule has 0 bridgehead atoms. The zero-order valence-electron chi connectivity index (χ0n) is 13.1. The molecular formula is C18H16FN3O2. The average Bonchev–Trinajstić information content (AvgIpc) is 2.94. The Morgan fingerprint density at radius 2 is 1.83 bits per heavy atom. The largest absolute Gasteiger partial charge is 0.462 e. The molecule has 0 spiro atoms. The number of halogens is 1. The van der Waals surface area contributed by atoms with Crippen LogP contribution in [0.5, 0.6) is 0 Å². The Morgan fingerprint density at radius 1 is 1.17 bits per heavy atom. The molecule has 0 saturated heterocycles. The van der Waals surface area contributed by atoms with Crippen LogP contribution in [0.15, 0.2) is 54.6 Å². The number of para-hydroxylation sites is 1. The van der Waals surface area contributed by atoms with E-state index in [0.717, 1.165) is 0 Å². The van der Waals surface area contributed by atoms with Crippen molar-refractivity contribution in [3.05, 3.63) is 66.0 Å². The summed E-state index contributed by atoms with van der Waals surface area (Å²) < 4.78 is 19.8. The number of anilines is 1. The molecule has 0 aliphatic carbocycles. The van der Waals surface area contributed by atoms with Crippen molar-refractivity contribution in [2.24, 2.45) is 0 Å². The van der Waals surface area contributed by atoms with E-state index in [1.54, 1.807) is 19.1 Å². The molecule has 2 aromatic carbocycles. The number of carbonyl (C=O) groups is 1. The molecule has 24 heavy (non-hydrogen) atoms. The fourth-order valence-electron chi connectivity index (χ4n) is 2.41. The van der Waals surface area contributed by atoms with E-state index >= 15 is 0 Å². The molecule has 0 unspecified atom stereocenters. The van der Waals surface area contributed by atoms with E-state index in [1.807, 2.05) is 30.3 Å². The summed E-state index contributed by atoms with van der Waals surface area (Å²) in [6, 6.07) is 14.9. The van der Waals surface area contributed by atoms with E-state index in [-0.39, 0.29) is 23.8 Å². The maximum absolute atomic E-state index is 13.2. The van der Waals surface area contributed by atoms with Crippen molar-refractivity contribution in [2.75, 3.05) is 12.3 Å². The van der Waals surface area contributed by atoms with Gasteiger partial charge in [-0.25, -0.2) is 13.9 Å². The van der Waals surface area contributed by atoms with Crippen molar-refractivity contribution >= 4 is 11.8 Å². The molecule has 0 radical (unpaired) electrons. The van der Waals surface area contributed by atoms with Crippen LogP contribution < -0.4 is 5.73 Å². The summed E-state index contributed by atoms with van der Waals surface area (Å²) in [5, 5.41) is 4.45. The van der Waals surface area contributed by atoms with Crippen LogP contribution in [0.2, 0.25) is 0 Å². The Bertz CT molecular complexity index is 858. The molecule has 0 amide bonds. The Kier molecular flexibility index (Phi) is 4.29. The predicted molar refractivity (Wildman–Crippen MR) is 89.3 cm³/mol. The molecule has 5 nitrogen and oxygen atoms in total. The van der Waals surface area contributed by atoms with Gasteiger partial charge in [-0.2, -0.15) is 5.10 Å². The third kappa shape index (κ3) is 2.86. The zero-order chi connectivity index (χ0) is 17.1. The number of ether oxygens (including phenoxy) is 1. The lowest BCUT2D eigenvalue weighted by Crippen LogP contribution is -2.09. The zero-order valence-corrected chi connectivity index (χ0v) is 13.1. The molecule has 3 rings (SSSR count). The molecule has 1 heterocycles. The van der Waals surface area contributed by atoms with Gasteiger partial charge in [-0.3, -0.25) is 0 Å². The van der Waals surface area contributed by atoms with Crippen LogP contribution >= 0.6 is 0 Å². The number of nitrogen functional groups attached to an aromatic ring is 1. The molecule has 0 aliphatic rings. The number of carbonyl (C=O) groups excluding carboxylic acids is 1. The van der Waals surface area contributed by atoms with E-state index in [4.69, 9.17) is 10.5 Å². The highest BCUT2D eigenvalue weighted by Gasteiger charge is 2.25. The number of hydrogen-bond acceptors (Lipinski definition) is 4. The van der Waals surface area contributed by atoms with Gasteiger partial charge in [0, 0.05) is 5.56 Å². The van der Waals surface area contributed by atoms with Crippen LogP contribution in [0.25, 0.3) is 16.9 Å². The fraction of sp³-hybridized carbons (Fsp3) is 0.111. The lowest BCUT2D eigenvalue weighted by Gasteiger charge is -2.04. The van der Waals surface area contributed by atoms with Crippen molar-refractivity contribution in [1.82, 2.24) is 9.78 Å². The topological polar surface area (TPSA) is 70.1 Å². The van der Waals surface area contributed by atoms with Gasteiger partial charge >= 0.3 is 5.97 Å². The molecule has 3 aromatic rings. The lowest BCUT2D eigenvalue weighted by atomic mass is 10.1. The third-order valence-electron chi connectivity index (χ3n) is 3.52. The molecular weight excluding hydrogens is 309 g/mol. The van der Waals surface area contributed by atoms with E-state index in [0.29, 0.717) is 16.9 Å². The number of benzene rings is 2. The Hall–Kier alpha value is -3.15. The summed E-state index contributed by atoms with van der Waals surface area (Å²) >= 11 is 0. The van der Waals surface area contributed by atoms with Crippen LogP contribution in [-0.2, 0) is 4.74 Å². The predicted octanol–water partition coefficient (Wildman–Crippen LogP) is 3.44. The first-order valence-electron chi connectivity index (χ1n) is 7.48. The second-order valence-electron chi connectivity index (χ2n) is 5.08. The van der Waals surface area contributed by atoms with Gasteiger partial charge in [0.25, 0.3) is 0 Å². The van der Waals surface area contributed by atoms with E-state index < -0.39 is 5.97 Å². The molecule has 0 aliphatic heterocycles. The molecule has 6 heteroatoms. The third-order valence-corrected chi connectivity index (χ3v) is 3.52. The summed E-state index contributed by atoms with van der Waals surface area (Å²) in [5.41, 5.74) is 7.99. The molecule has 122 valence electrons. The lowest BCUT2D eigenvalue weighted by molar-refractivity contribution is 0.0528. The molecule has 0 atom stereocenters. The van der Waals surface area contributed by atoms with Gasteiger partial charge in [0.2, 0.25) is 0 Å². The van der Waals surface area contributed by atoms with Gasteiger partial charge in [-0.15, -0.1) is 0 Å². The van der Waals surface area contributed by atoms with Gasteiger partial charge in [-0.1, -0.05) is 18.2 Å². The van der Waals surface area contributed by atoms with Gasteiger partial charge in [0.15, 0.2) is 0 Å². The van der Waals surface area contributed by atoms with Crippen molar-refractivity contribution < 1.29 is 13.9 Å². The monoisotopic (exact) mass is 325 g/mol. The number of hydrogen-bond donors (Lipinski definition) is 1. The Balaban J connectivity index is 2.19. The summed E-state index contributed by atoms with van der Waals surface area (Å²) in [5.74, 6) is -0.748. The summed E-state index contributed by atoms with van der Waals surface area (Å²) in [6.07, 6.45) is 0. The second-order valence-corrected chi connectivity index (χ2v) is 5.08. The molecule has 0 saturated carbocycles. The summed E-state index contributed by atoms with van der Waals surface area (Å²) in [6.45, 7) is 1.94. The van der Waals surface area contributed by atoms with Crippen molar-refractivity contribution in [2.45, 2.75) is 6.92 Å². The average molecular weight is 325 g/mol. The summed E-state index contributed by atoms with van der Waals surface area (Å²) in [7, 11) is 0. The fourth-order valence-corrected chi connectivity index (χ4v) is 2.41. The van der Waals surface area contributed by atoms with Gasteiger partial charge in [0.05, 0.1) is 12.3 Å². The van der Waals surface area contributed by atoms with Crippen LogP contribution in [0.3, 0.4) is 0 Å². The first-order chi connectivity index (χ1) is 11.6. The number of rotatable bonds is 4. The first kappa shape index (κ1) is 15.7. The summed E-state index contributed by atoms with van der Waals surface area (Å²) in [4.78, 5) is 12.3. The SMILES string of the molecule is CCOC(=O)c1c(-c2ccc(F)cc2)nn(-c2ccccc2)c1N. The quantitative estimate of drug-likeness (QED) is 0.746. The Morgan fingerprint density at radius 3 is 2.46 bits per heavy atom. The van der Waals surface area contributed by atoms with Crippen LogP contribution in [-0.4, -0.2) is 22.4 Å². The highest BCUT2D eigenvalue weighted by Crippen LogP contribution is 2.30. The maximum Gasteiger partial charge on any atom is 0.344 e. The Labute approximate surface area is 138 Å². The van der Waals surface area contributed by atoms with Gasteiger partial charge in [-0.05, 0) is 43.3 Å². The molecule has 1 aromatic heterocycles. The molecule has 2 N–H and O–H groups in total. The van der Waals surface area contributed by atoms with Crippen molar-refractivity contribution in [3.8, 4) is 16.9 Å². The highest BCUT2D eigenvalue weighted by atomic mass is 19.1. The van der Waals surface area contributed by atoms with Crippen LogP contribution in [0, 0.1) is 5.82 Å². The normalized spacial score (nSPS) is 10.6. The minimum Gasteiger partial charge on any atom is -0.462 e. The van der Waals surface area contributed by atoms with Crippen LogP contribution in [0.1, 0.15) is 17.3 Å². The van der Waals surface area contributed by atoms with E-state index in [9.17, 15) is 9.18 Å². The number of nitrogens with two attached hydrogens (primary N) is 1. The van der Waals surface area contributed by atoms with Gasteiger partial charge in [0.1, 0.15) is 22.9 Å². The second kappa shape index (κ2) is 6.54. The molecule has 0 fully saturated rings. The highest BCUT2D eigenvalue weighted by molar-refractivity contribution is 6.01. The number of esters is 1. The minimum absolute atomic E-state index is 0.173. The van der Waals surface area contributed by atoms with E-state index in [1.165, 1.54) is 16.8 Å². The number of aromatic nitrogens is 2. The van der Waals surface area contributed by atoms with Crippen LogP contribution in [0.4, 0.5) is 10.2 Å². The number of nitrogens with zero attached hydrogens (tertiary/aromatic N) is 2. The van der Waals surface area contributed by atoms with Crippen molar-refractivity contribution in [3.63, 3.8) is 0 Å². The van der Waals surface area contributed by atoms with E-state index in [2.05, 4.69) is 5.10 Å². The minimum atomic E-state index is -0.559. The first-order valence-corrected chi connectivity index (χ1v) is 7.48. The smallest absolute Gasteiger partial charge is 0.344 e.